The Balaban J connectivity index is 2.22. The molecule has 0 fully saturated rings. The molecule has 2 rings (SSSR count). The average molecular weight is 324 g/mol. The first-order valence-corrected chi connectivity index (χ1v) is 8.10. The predicted octanol–water partition coefficient (Wildman–Crippen LogP) is 2.71. The number of carbonyl (C=O) groups is 1. The zero-order chi connectivity index (χ0) is 15.5. The minimum atomic E-state index is -3.72. The van der Waals surface area contributed by atoms with Crippen molar-refractivity contribution in [1.82, 2.24) is 4.72 Å². The van der Waals surface area contributed by atoms with Gasteiger partial charge in [0.25, 0.3) is 0 Å². The summed E-state index contributed by atoms with van der Waals surface area (Å²) >= 11 is 5.12. The molecular weight excluding hydrogens is 310 g/mol. The van der Waals surface area contributed by atoms with Crippen molar-refractivity contribution in [3.05, 3.63) is 54.1 Å². The molecule has 0 aromatic heterocycles. The standard InChI is InChI=1S/C15H14ClNO3S/c1-11-2-4-12(5-3-11)13-6-8-14(9-7-13)21(19,20)17-10-15(16)18/h2-9,17H,10H2,1H3. The van der Waals surface area contributed by atoms with Gasteiger partial charge in [-0.25, -0.2) is 13.1 Å². The molecule has 0 radical (unpaired) electrons. The van der Waals surface area contributed by atoms with Crippen molar-refractivity contribution in [2.75, 3.05) is 6.54 Å². The van der Waals surface area contributed by atoms with Gasteiger partial charge in [0.2, 0.25) is 15.3 Å². The molecule has 110 valence electrons. The monoisotopic (exact) mass is 323 g/mol. The molecule has 0 spiro atoms. The Kier molecular flexibility index (Phi) is 4.77. The smallest absolute Gasteiger partial charge is 0.241 e. The Bertz CT molecular complexity index is 737. The van der Waals surface area contributed by atoms with E-state index in [1.54, 1.807) is 12.1 Å². The van der Waals surface area contributed by atoms with Crippen LogP contribution in [0.1, 0.15) is 5.56 Å². The molecule has 0 aliphatic rings. The summed E-state index contributed by atoms with van der Waals surface area (Å²) in [5.41, 5.74) is 3.09. The van der Waals surface area contributed by atoms with Crippen LogP contribution < -0.4 is 4.72 Å². The van der Waals surface area contributed by atoms with Crippen LogP contribution >= 0.6 is 11.6 Å². The van der Waals surface area contributed by atoms with Gasteiger partial charge in [-0.3, -0.25) is 4.79 Å². The van der Waals surface area contributed by atoms with Crippen LogP contribution in [0.2, 0.25) is 0 Å². The molecule has 0 amide bonds. The molecule has 0 bridgehead atoms. The van der Waals surface area contributed by atoms with Gasteiger partial charge in [-0.15, -0.1) is 0 Å². The van der Waals surface area contributed by atoms with E-state index in [2.05, 4.69) is 4.72 Å². The average Bonchev–Trinajstić information content (AvgIpc) is 2.46. The first-order chi connectivity index (χ1) is 9.88. The molecule has 2 aromatic rings. The zero-order valence-electron chi connectivity index (χ0n) is 11.3. The fraction of sp³-hybridized carbons (Fsp3) is 0.133. The number of sulfonamides is 1. The SMILES string of the molecule is Cc1ccc(-c2ccc(S(=O)(=O)NCC(=O)Cl)cc2)cc1. The third-order valence-corrected chi connectivity index (χ3v) is 4.50. The number of hydrogen-bond donors (Lipinski definition) is 1. The Morgan fingerprint density at radius 1 is 1.00 bits per heavy atom. The number of nitrogens with one attached hydrogen (secondary N) is 1. The predicted molar refractivity (Wildman–Crippen MR) is 82.7 cm³/mol. The summed E-state index contributed by atoms with van der Waals surface area (Å²) in [7, 11) is -3.72. The Morgan fingerprint density at radius 2 is 1.48 bits per heavy atom. The van der Waals surface area contributed by atoms with Crippen LogP contribution in [0, 0.1) is 6.92 Å². The summed E-state index contributed by atoms with van der Waals surface area (Å²) in [5, 5.41) is -0.755. The number of carbonyl (C=O) groups excluding carboxylic acids is 1. The van der Waals surface area contributed by atoms with E-state index in [0.717, 1.165) is 16.7 Å². The van der Waals surface area contributed by atoms with E-state index < -0.39 is 21.8 Å². The molecule has 0 atom stereocenters. The van der Waals surface area contributed by atoms with E-state index in [0.29, 0.717) is 0 Å². The van der Waals surface area contributed by atoms with Gasteiger partial charge in [0, 0.05) is 0 Å². The van der Waals surface area contributed by atoms with Gasteiger partial charge < -0.3 is 0 Å². The highest BCUT2D eigenvalue weighted by Crippen LogP contribution is 2.21. The highest BCUT2D eigenvalue weighted by atomic mass is 35.5. The van der Waals surface area contributed by atoms with Crippen molar-refractivity contribution in [3.8, 4) is 11.1 Å². The lowest BCUT2D eigenvalue weighted by molar-refractivity contribution is -0.110. The van der Waals surface area contributed by atoms with Gasteiger partial charge >= 0.3 is 0 Å². The fourth-order valence-electron chi connectivity index (χ4n) is 1.81. The second-order valence-corrected chi connectivity index (χ2v) is 6.76. The molecule has 0 saturated carbocycles. The van der Waals surface area contributed by atoms with Crippen LogP contribution in [0.4, 0.5) is 0 Å². The number of benzene rings is 2. The zero-order valence-corrected chi connectivity index (χ0v) is 12.9. The van der Waals surface area contributed by atoms with Gasteiger partial charge in [-0.2, -0.15) is 0 Å². The maximum atomic E-state index is 11.9. The van der Waals surface area contributed by atoms with Gasteiger partial charge in [0.15, 0.2) is 0 Å². The normalized spacial score (nSPS) is 11.3. The van der Waals surface area contributed by atoms with Gasteiger partial charge in [0.05, 0.1) is 11.4 Å². The highest BCUT2D eigenvalue weighted by Gasteiger charge is 2.14. The lowest BCUT2D eigenvalue weighted by Crippen LogP contribution is -2.27. The topological polar surface area (TPSA) is 63.2 Å². The molecule has 0 saturated heterocycles. The number of hydrogen-bond acceptors (Lipinski definition) is 3. The summed E-state index contributed by atoms with van der Waals surface area (Å²) in [4.78, 5) is 10.7. The van der Waals surface area contributed by atoms with Gasteiger partial charge in [-0.05, 0) is 41.8 Å². The van der Waals surface area contributed by atoms with E-state index in [1.165, 1.54) is 12.1 Å². The van der Waals surface area contributed by atoms with Crippen LogP contribution in [0.3, 0.4) is 0 Å². The van der Waals surface area contributed by atoms with Crippen LogP contribution in [0.25, 0.3) is 11.1 Å². The van der Waals surface area contributed by atoms with E-state index in [1.807, 2.05) is 31.2 Å². The van der Waals surface area contributed by atoms with Crippen LogP contribution in [0.15, 0.2) is 53.4 Å². The number of halogens is 1. The number of rotatable bonds is 5. The summed E-state index contributed by atoms with van der Waals surface area (Å²) in [6.45, 7) is 1.58. The third-order valence-electron chi connectivity index (χ3n) is 2.95. The maximum Gasteiger partial charge on any atom is 0.241 e. The maximum absolute atomic E-state index is 11.9. The van der Waals surface area contributed by atoms with E-state index in [-0.39, 0.29) is 4.90 Å². The quantitative estimate of drug-likeness (QED) is 0.860. The molecule has 4 nitrogen and oxygen atoms in total. The van der Waals surface area contributed by atoms with E-state index in [4.69, 9.17) is 11.6 Å². The first kappa shape index (κ1) is 15.7. The molecule has 0 unspecified atom stereocenters. The van der Waals surface area contributed by atoms with Crippen LogP contribution in [0.5, 0.6) is 0 Å². The lowest BCUT2D eigenvalue weighted by Gasteiger charge is -2.06. The minimum absolute atomic E-state index is 0.0938. The second-order valence-electron chi connectivity index (χ2n) is 4.57. The molecular formula is C15H14ClNO3S. The fourth-order valence-corrected chi connectivity index (χ4v) is 2.94. The second kappa shape index (κ2) is 6.39. The van der Waals surface area contributed by atoms with Crippen molar-refractivity contribution in [1.29, 1.82) is 0 Å². The van der Waals surface area contributed by atoms with Crippen LogP contribution in [-0.2, 0) is 14.8 Å². The molecule has 0 aliphatic carbocycles. The minimum Gasteiger partial charge on any atom is -0.280 e. The van der Waals surface area contributed by atoms with Crippen LogP contribution in [-0.4, -0.2) is 20.2 Å². The largest absolute Gasteiger partial charge is 0.280 e. The molecule has 2 aromatic carbocycles. The van der Waals surface area contributed by atoms with Crippen molar-refractivity contribution in [2.45, 2.75) is 11.8 Å². The molecule has 0 aliphatic heterocycles. The summed E-state index contributed by atoms with van der Waals surface area (Å²) in [6.07, 6.45) is 0. The van der Waals surface area contributed by atoms with Crippen molar-refractivity contribution < 1.29 is 13.2 Å². The third kappa shape index (κ3) is 4.14. The Morgan fingerprint density at radius 3 is 1.95 bits per heavy atom. The number of aryl methyl sites for hydroxylation is 1. The summed E-state index contributed by atoms with van der Waals surface area (Å²) < 4.78 is 25.9. The summed E-state index contributed by atoms with van der Waals surface area (Å²) in [6, 6.07) is 14.4. The molecule has 21 heavy (non-hydrogen) atoms. The Labute approximate surface area is 128 Å². The van der Waals surface area contributed by atoms with E-state index >= 15 is 0 Å². The first-order valence-electron chi connectivity index (χ1n) is 6.23. The highest BCUT2D eigenvalue weighted by molar-refractivity contribution is 7.89. The van der Waals surface area contributed by atoms with Crippen molar-refractivity contribution in [2.24, 2.45) is 0 Å². The van der Waals surface area contributed by atoms with Crippen molar-refractivity contribution in [3.63, 3.8) is 0 Å². The Hall–Kier alpha value is -1.69. The van der Waals surface area contributed by atoms with Gasteiger partial charge in [-0.1, -0.05) is 42.0 Å². The summed E-state index contributed by atoms with van der Waals surface area (Å²) in [5.74, 6) is 0. The van der Waals surface area contributed by atoms with Gasteiger partial charge in [0.1, 0.15) is 0 Å². The van der Waals surface area contributed by atoms with Crippen molar-refractivity contribution >= 4 is 26.9 Å². The van der Waals surface area contributed by atoms with E-state index in [9.17, 15) is 13.2 Å². The molecule has 6 heteroatoms. The molecule has 1 N–H and O–H groups in total. The lowest BCUT2D eigenvalue weighted by atomic mass is 10.0. The molecule has 0 heterocycles.